The van der Waals surface area contributed by atoms with Crippen LogP contribution in [0.1, 0.15) is 136 Å². The van der Waals surface area contributed by atoms with Crippen LogP contribution in [0.2, 0.25) is 0 Å². The molecule has 0 amide bonds. The molecule has 0 aromatic carbocycles. The van der Waals surface area contributed by atoms with Gasteiger partial charge < -0.3 is 20.1 Å². The number of rotatable bonds is 36. The number of carbonyl (C=O) groups is 3. The summed E-state index contributed by atoms with van der Waals surface area (Å²) in [6.07, 6.45) is 43.4. The number of hydrogen-bond acceptors (Lipinski definition) is 9. The van der Waals surface area contributed by atoms with Crippen LogP contribution in [0.25, 0.3) is 0 Å². The fourth-order valence-corrected chi connectivity index (χ4v) is 5.47. The van der Waals surface area contributed by atoms with Crippen LogP contribution in [0.4, 0.5) is 0 Å². The quantitative estimate of drug-likeness (QED) is 0.0157. The Balaban J connectivity index is 4.50. The largest absolute Gasteiger partial charge is 0.472 e. The van der Waals surface area contributed by atoms with Crippen LogP contribution in [0.15, 0.2) is 85.1 Å². The Morgan fingerprint density at radius 3 is 1.69 bits per heavy atom. The fourth-order valence-electron chi connectivity index (χ4n) is 4.71. The van der Waals surface area contributed by atoms with Crippen LogP contribution in [0.3, 0.4) is 0 Å². The van der Waals surface area contributed by atoms with Crippen molar-refractivity contribution in [3.05, 3.63) is 85.1 Å². The maximum Gasteiger partial charge on any atom is 0.472 e. The van der Waals surface area contributed by atoms with Gasteiger partial charge >= 0.3 is 19.8 Å². The van der Waals surface area contributed by atoms with Crippen molar-refractivity contribution in [1.82, 2.24) is 0 Å². The molecule has 306 valence electrons. The third-order valence-electron chi connectivity index (χ3n) is 7.73. The number of ketones is 1. The number of allylic oxidation sites excluding steroid dienone is 14. The zero-order valence-electron chi connectivity index (χ0n) is 33.2. The van der Waals surface area contributed by atoms with E-state index >= 15 is 0 Å². The number of unbranched alkanes of at least 4 members (excludes halogenated alkanes) is 8. The molecular weight excluding hydrogens is 705 g/mol. The molecule has 0 aliphatic heterocycles. The van der Waals surface area contributed by atoms with Gasteiger partial charge in [0, 0.05) is 25.8 Å². The summed E-state index contributed by atoms with van der Waals surface area (Å²) in [5.41, 5.74) is 5.32. The summed E-state index contributed by atoms with van der Waals surface area (Å²) in [5.74, 6) is -1.27. The first-order chi connectivity index (χ1) is 26.2. The van der Waals surface area contributed by atoms with E-state index < -0.39 is 32.5 Å². The summed E-state index contributed by atoms with van der Waals surface area (Å²) in [4.78, 5) is 46.9. The first-order valence-electron chi connectivity index (χ1n) is 20.0. The van der Waals surface area contributed by atoms with E-state index in [4.69, 9.17) is 24.3 Å². The molecular formula is C43H70NO9P. The van der Waals surface area contributed by atoms with Gasteiger partial charge in [0.2, 0.25) is 0 Å². The van der Waals surface area contributed by atoms with Crippen LogP contribution < -0.4 is 5.73 Å². The van der Waals surface area contributed by atoms with Gasteiger partial charge in [-0.15, -0.1) is 0 Å². The second kappa shape index (κ2) is 38.1. The van der Waals surface area contributed by atoms with E-state index in [1.54, 1.807) is 6.08 Å². The molecule has 0 fully saturated rings. The van der Waals surface area contributed by atoms with Gasteiger partial charge in [-0.2, -0.15) is 0 Å². The number of hydrogen-bond donors (Lipinski definition) is 2. The van der Waals surface area contributed by atoms with Gasteiger partial charge in [0.05, 0.1) is 13.2 Å². The maximum atomic E-state index is 12.5. The monoisotopic (exact) mass is 775 g/mol. The van der Waals surface area contributed by atoms with Crippen molar-refractivity contribution in [2.24, 2.45) is 5.73 Å². The smallest absolute Gasteiger partial charge is 0.462 e. The molecule has 54 heavy (non-hydrogen) atoms. The molecule has 0 radical (unpaired) electrons. The SMILES string of the molecule is CCCCC/C=C\C/C=C\C/C=C\C=C\C(=O)CCCC(=O)O[C@H](COC(=O)CCCC/C=C\C/C=C\C/C=C\CCCCC)COP(=O)(O)OCCN. The van der Waals surface area contributed by atoms with Crippen LogP contribution in [-0.2, 0) is 37.5 Å². The van der Waals surface area contributed by atoms with Gasteiger partial charge in [-0.3, -0.25) is 23.4 Å². The Bertz CT molecular complexity index is 1220. The molecule has 0 saturated heterocycles. The zero-order chi connectivity index (χ0) is 39.8. The maximum absolute atomic E-state index is 12.5. The Labute approximate surface area is 326 Å². The highest BCUT2D eigenvalue weighted by molar-refractivity contribution is 7.47. The number of phosphoric acid groups is 1. The third-order valence-corrected chi connectivity index (χ3v) is 8.71. The van der Waals surface area contributed by atoms with Gasteiger partial charge in [0.1, 0.15) is 6.61 Å². The highest BCUT2D eigenvalue weighted by atomic mass is 31.2. The van der Waals surface area contributed by atoms with Crippen LogP contribution in [0.5, 0.6) is 0 Å². The number of carbonyl (C=O) groups excluding carboxylic acids is 3. The first-order valence-corrected chi connectivity index (χ1v) is 21.5. The average molecular weight is 776 g/mol. The van der Waals surface area contributed by atoms with Gasteiger partial charge in [-0.1, -0.05) is 119 Å². The Kier molecular flexibility index (Phi) is 35.9. The third kappa shape index (κ3) is 37.2. The number of phosphoric ester groups is 1. The summed E-state index contributed by atoms with van der Waals surface area (Å²) in [5, 5.41) is 0. The lowest BCUT2D eigenvalue weighted by Crippen LogP contribution is -2.29. The van der Waals surface area contributed by atoms with Crippen LogP contribution in [0, 0.1) is 0 Å². The lowest BCUT2D eigenvalue weighted by molar-refractivity contribution is -0.161. The van der Waals surface area contributed by atoms with Crippen molar-refractivity contribution in [3.63, 3.8) is 0 Å². The number of esters is 2. The summed E-state index contributed by atoms with van der Waals surface area (Å²) < 4.78 is 32.4. The predicted molar refractivity (Wildman–Crippen MR) is 220 cm³/mol. The van der Waals surface area contributed by atoms with Crippen molar-refractivity contribution < 1.29 is 42.4 Å². The molecule has 0 aliphatic rings. The van der Waals surface area contributed by atoms with Gasteiger partial charge in [0.25, 0.3) is 0 Å². The summed E-state index contributed by atoms with van der Waals surface area (Å²) in [6, 6.07) is 0. The van der Waals surface area contributed by atoms with Crippen LogP contribution >= 0.6 is 7.82 Å². The van der Waals surface area contributed by atoms with E-state index in [1.807, 2.05) is 12.2 Å². The van der Waals surface area contributed by atoms with Crippen molar-refractivity contribution in [2.45, 2.75) is 142 Å². The fraction of sp³-hybridized carbons (Fsp3) is 0.605. The molecule has 0 saturated carbocycles. The molecule has 10 nitrogen and oxygen atoms in total. The molecule has 11 heteroatoms. The molecule has 2 atom stereocenters. The Morgan fingerprint density at radius 1 is 0.611 bits per heavy atom. The molecule has 0 heterocycles. The topological polar surface area (TPSA) is 151 Å². The van der Waals surface area contributed by atoms with Crippen molar-refractivity contribution in [2.75, 3.05) is 26.4 Å². The predicted octanol–water partition coefficient (Wildman–Crippen LogP) is 10.4. The highest BCUT2D eigenvalue weighted by Gasteiger charge is 2.26. The molecule has 0 aromatic rings. The lowest BCUT2D eigenvalue weighted by atomic mass is 10.1. The Hall–Kier alpha value is -3.14. The first kappa shape index (κ1) is 50.9. The molecule has 0 aliphatic carbocycles. The number of ether oxygens (including phenoxy) is 2. The standard InChI is InChI=1S/C43H70NO9P/c1-3-5-7-9-11-13-15-17-18-20-22-24-26-28-30-34-42(46)50-38-41(39-52-54(48,49)51-37-36-44)53-43(47)35-31-33-40(45)32-29-27-25-23-21-19-16-14-12-10-8-6-4-2/h11-14,17-19,21-22,24-25,27,29,32,41H,3-10,15-16,20,23,26,28,30-31,33-39,44H2,1-2H3,(H,48,49)/b13-11-,14-12-,18-17-,21-19-,24-22-,27-25-,32-29+/t41-/m1/s1. The molecule has 3 N–H and O–H groups in total. The van der Waals surface area contributed by atoms with E-state index in [0.29, 0.717) is 6.42 Å². The van der Waals surface area contributed by atoms with E-state index in [0.717, 1.165) is 51.4 Å². The Morgan fingerprint density at radius 2 is 1.13 bits per heavy atom. The summed E-state index contributed by atoms with van der Waals surface area (Å²) in [7, 11) is -4.45. The van der Waals surface area contributed by atoms with Gasteiger partial charge in [0.15, 0.2) is 11.9 Å². The van der Waals surface area contributed by atoms with Crippen LogP contribution in [-0.4, -0.2) is 55.1 Å². The van der Waals surface area contributed by atoms with E-state index in [1.165, 1.54) is 44.6 Å². The van der Waals surface area contributed by atoms with Crippen molar-refractivity contribution in [3.8, 4) is 0 Å². The molecule has 0 bridgehead atoms. The average Bonchev–Trinajstić information content (AvgIpc) is 3.15. The number of nitrogens with two attached hydrogens (primary N) is 1. The summed E-state index contributed by atoms with van der Waals surface area (Å²) >= 11 is 0. The lowest BCUT2D eigenvalue weighted by Gasteiger charge is -2.19. The van der Waals surface area contributed by atoms with Gasteiger partial charge in [-0.25, -0.2) is 4.57 Å². The summed E-state index contributed by atoms with van der Waals surface area (Å²) in [6.45, 7) is 3.31. The van der Waals surface area contributed by atoms with E-state index in [2.05, 4.69) is 74.6 Å². The second-order valence-electron chi connectivity index (χ2n) is 12.8. The normalized spacial score (nSPS) is 14.1. The zero-order valence-corrected chi connectivity index (χ0v) is 34.1. The van der Waals surface area contributed by atoms with E-state index in [9.17, 15) is 23.8 Å². The molecule has 1 unspecified atom stereocenters. The minimum atomic E-state index is -4.45. The van der Waals surface area contributed by atoms with E-state index in [-0.39, 0.29) is 51.2 Å². The van der Waals surface area contributed by atoms with Crippen molar-refractivity contribution in [1.29, 1.82) is 0 Å². The molecule has 0 spiro atoms. The second-order valence-corrected chi connectivity index (χ2v) is 14.3. The molecule has 0 aromatic heterocycles. The highest BCUT2D eigenvalue weighted by Crippen LogP contribution is 2.43. The van der Waals surface area contributed by atoms with Crippen molar-refractivity contribution >= 4 is 25.5 Å². The van der Waals surface area contributed by atoms with Gasteiger partial charge in [-0.05, 0) is 83.1 Å². The molecule has 0 rings (SSSR count). The minimum absolute atomic E-state index is 0.00675. The minimum Gasteiger partial charge on any atom is -0.462 e.